The van der Waals surface area contributed by atoms with Crippen LogP contribution in [-0.2, 0) is 6.54 Å². The lowest BCUT2D eigenvalue weighted by atomic mass is 10.1. The van der Waals surface area contributed by atoms with Crippen molar-refractivity contribution in [2.75, 3.05) is 0 Å². The van der Waals surface area contributed by atoms with E-state index < -0.39 is 0 Å². The van der Waals surface area contributed by atoms with E-state index in [2.05, 4.69) is 91.9 Å². The van der Waals surface area contributed by atoms with Gasteiger partial charge in [0.05, 0.1) is 0 Å². The van der Waals surface area contributed by atoms with Crippen LogP contribution < -0.4 is 0 Å². The Kier molecular flexibility index (Phi) is 8.26. The van der Waals surface area contributed by atoms with Crippen molar-refractivity contribution in [3.63, 3.8) is 0 Å². The van der Waals surface area contributed by atoms with E-state index in [1.807, 2.05) is 0 Å². The van der Waals surface area contributed by atoms with Gasteiger partial charge in [0, 0.05) is 38.0 Å². The summed E-state index contributed by atoms with van der Waals surface area (Å²) in [6, 6.07) is 17.6. The molecule has 3 rings (SSSR count). The quantitative estimate of drug-likeness (QED) is 0.187. The van der Waals surface area contributed by atoms with Gasteiger partial charge in [-0.3, -0.25) is 0 Å². The first-order valence-corrected chi connectivity index (χ1v) is 12.3. The molecule has 0 aliphatic rings. The van der Waals surface area contributed by atoms with E-state index in [1.165, 1.54) is 73.2 Å². The number of alkyl halides is 2. The number of hydrogen-bond acceptors (Lipinski definition) is 0. The molecule has 0 radical (unpaired) electrons. The first-order valence-electron chi connectivity index (χ1n) is 10.4. The highest BCUT2D eigenvalue weighted by Crippen LogP contribution is 2.30. The number of halogens is 2. The normalized spacial score (nSPS) is 14.0. The van der Waals surface area contributed by atoms with Crippen LogP contribution in [0.3, 0.4) is 0 Å². The number of benzene rings is 2. The van der Waals surface area contributed by atoms with Gasteiger partial charge in [-0.1, -0.05) is 107 Å². The van der Waals surface area contributed by atoms with Crippen molar-refractivity contribution in [3.05, 3.63) is 48.5 Å². The van der Waals surface area contributed by atoms with Crippen LogP contribution in [0, 0.1) is 0 Å². The minimum atomic E-state index is 0.519. The summed E-state index contributed by atoms with van der Waals surface area (Å²) < 4.78 is 2.49. The van der Waals surface area contributed by atoms with Crippen LogP contribution in [-0.4, -0.2) is 14.2 Å². The molecule has 0 N–H and O–H groups in total. The first-order chi connectivity index (χ1) is 13.2. The Labute approximate surface area is 180 Å². The molecule has 0 saturated heterocycles. The van der Waals surface area contributed by atoms with E-state index in [9.17, 15) is 0 Å². The average Bonchev–Trinajstić information content (AvgIpc) is 3.00. The molecule has 146 valence electrons. The Morgan fingerprint density at radius 3 is 1.74 bits per heavy atom. The Bertz CT molecular complexity index is 785. The summed E-state index contributed by atoms with van der Waals surface area (Å²) in [6.45, 7) is 3.30. The summed E-state index contributed by atoms with van der Waals surface area (Å²) in [5.74, 6) is 0. The predicted molar refractivity (Wildman–Crippen MR) is 127 cm³/mol. The van der Waals surface area contributed by atoms with Crippen molar-refractivity contribution in [1.82, 2.24) is 4.57 Å². The summed E-state index contributed by atoms with van der Waals surface area (Å²) in [6.07, 6.45) is 10.5. The maximum absolute atomic E-state index is 3.96. The molecule has 0 fully saturated rings. The fraction of sp³-hybridized carbons (Fsp3) is 0.500. The van der Waals surface area contributed by atoms with E-state index >= 15 is 0 Å². The van der Waals surface area contributed by atoms with Gasteiger partial charge in [0.2, 0.25) is 0 Å². The first kappa shape index (κ1) is 20.9. The number of rotatable bonds is 11. The minimum absolute atomic E-state index is 0.519. The molecule has 0 aliphatic heterocycles. The van der Waals surface area contributed by atoms with Gasteiger partial charge in [0.25, 0.3) is 0 Å². The van der Waals surface area contributed by atoms with Crippen LogP contribution in [0.15, 0.2) is 48.5 Å². The fourth-order valence-electron chi connectivity index (χ4n) is 3.98. The molecular weight excluding hydrogens is 462 g/mol. The Balaban J connectivity index is 1.54. The molecule has 0 bridgehead atoms. The standard InChI is InChI=1S/C24H31Br2N/c1-2-3-4-11-19(25)12-5-6-13-20(26)18-27-23-16-9-7-14-21(23)22-15-8-10-17-24(22)27/h7-10,14-17,19-20H,2-6,11-13,18H2,1H3. The molecular formula is C24H31Br2N. The molecule has 0 saturated carbocycles. The van der Waals surface area contributed by atoms with Gasteiger partial charge >= 0.3 is 0 Å². The Morgan fingerprint density at radius 2 is 1.19 bits per heavy atom. The molecule has 1 heterocycles. The van der Waals surface area contributed by atoms with Gasteiger partial charge in [-0.2, -0.15) is 0 Å². The van der Waals surface area contributed by atoms with Crippen molar-refractivity contribution in [2.24, 2.45) is 0 Å². The zero-order valence-corrected chi connectivity index (χ0v) is 19.5. The lowest BCUT2D eigenvalue weighted by Crippen LogP contribution is -2.10. The van der Waals surface area contributed by atoms with Crippen LogP contribution >= 0.6 is 31.9 Å². The molecule has 3 aromatic rings. The summed E-state index contributed by atoms with van der Waals surface area (Å²) in [4.78, 5) is 1.22. The zero-order valence-electron chi connectivity index (χ0n) is 16.3. The van der Waals surface area contributed by atoms with Crippen molar-refractivity contribution in [2.45, 2.75) is 74.5 Å². The summed E-state index contributed by atoms with van der Waals surface area (Å²) in [5.41, 5.74) is 2.69. The molecule has 0 spiro atoms. The van der Waals surface area contributed by atoms with Crippen LogP contribution in [0.25, 0.3) is 21.8 Å². The van der Waals surface area contributed by atoms with E-state index in [0.717, 1.165) is 6.54 Å². The monoisotopic (exact) mass is 491 g/mol. The predicted octanol–water partition coefficient (Wildman–Crippen LogP) is 8.46. The van der Waals surface area contributed by atoms with Crippen LogP contribution in [0.1, 0.15) is 58.3 Å². The van der Waals surface area contributed by atoms with Crippen molar-refractivity contribution < 1.29 is 0 Å². The Morgan fingerprint density at radius 1 is 0.704 bits per heavy atom. The van der Waals surface area contributed by atoms with Crippen LogP contribution in [0.2, 0.25) is 0 Å². The molecule has 0 amide bonds. The maximum atomic E-state index is 3.96. The van der Waals surface area contributed by atoms with Crippen molar-refractivity contribution in [3.8, 4) is 0 Å². The van der Waals surface area contributed by atoms with Gasteiger partial charge in [-0.05, 0) is 31.4 Å². The van der Waals surface area contributed by atoms with Crippen molar-refractivity contribution in [1.29, 1.82) is 0 Å². The summed E-state index contributed by atoms with van der Waals surface area (Å²) in [5, 5.41) is 2.73. The minimum Gasteiger partial charge on any atom is -0.339 e. The van der Waals surface area contributed by atoms with Crippen LogP contribution in [0.5, 0.6) is 0 Å². The van der Waals surface area contributed by atoms with Gasteiger partial charge < -0.3 is 4.57 Å². The summed E-state index contributed by atoms with van der Waals surface area (Å²) >= 11 is 7.82. The van der Waals surface area contributed by atoms with Gasteiger partial charge in [0.1, 0.15) is 0 Å². The number of unbranched alkanes of at least 4 members (excludes halogenated alkanes) is 3. The second-order valence-corrected chi connectivity index (χ2v) is 10.2. The lowest BCUT2D eigenvalue weighted by molar-refractivity contribution is 0.562. The zero-order chi connectivity index (χ0) is 19.1. The second kappa shape index (κ2) is 10.7. The average molecular weight is 493 g/mol. The highest BCUT2D eigenvalue weighted by atomic mass is 79.9. The molecule has 2 aromatic carbocycles. The number of fused-ring (bicyclic) bond motifs is 3. The molecule has 0 aliphatic carbocycles. The number of aromatic nitrogens is 1. The van der Waals surface area contributed by atoms with Crippen LogP contribution in [0.4, 0.5) is 0 Å². The molecule has 3 heteroatoms. The number of hydrogen-bond donors (Lipinski definition) is 0. The van der Waals surface area contributed by atoms with Gasteiger partial charge in [-0.25, -0.2) is 0 Å². The van der Waals surface area contributed by atoms with Crippen molar-refractivity contribution >= 4 is 53.7 Å². The van der Waals surface area contributed by atoms with E-state index in [1.54, 1.807) is 0 Å². The summed E-state index contributed by atoms with van der Waals surface area (Å²) in [7, 11) is 0. The lowest BCUT2D eigenvalue weighted by Gasteiger charge is -2.14. The topological polar surface area (TPSA) is 4.93 Å². The molecule has 2 unspecified atom stereocenters. The third kappa shape index (κ3) is 5.60. The van der Waals surface area contributed by atoms with Gasteiger partial charge in [0.15, 0.2) is 0 Å². The van der Waals surface area contributed by atoms with E-state index in [0.29, 0.717) is 9.65 Å². The third-order valence-corrected chi connectivity index (χ3v) is 7.13. The smallest absolute Gasteiger partial charge is 0.0491 e. The molecule has 27 heavy (non-hydrogen) atoms. The highest BCUT2D eigenvalue weighted by molar-refractivity contribution is 9.09. The fourth-order valence-corrected chi connectivity index (χ4v) is 5.24. The SMILES string of the molecule is CCCCCC(Br)CCCCC(Br)Cn1c2ccccc2c2ccccc21. The number of para-hydroxylation sites is 2. The van der Waals surface area contributed by atoms with E-state index in [4.69, 9.17) is 0 Å². The largest absolute Gasteiger partial charge is 0.339 e. The molecule has 1 aromatic heterocycles. The number of nitrogens with zero attached hydrogens (tertiary/aromatic N) is 1. The van der Waals surface area contributed by atoms with Gasteiger partial charge in [-0.15, -0.1) is 0 Å². The molecule has 1 nitrogen and oxygen atoms in total. The molecule has 2 atom stereocenters. The second-order valence-electron chi connectivity index (χ2n) is 7.62. The maximum Gasteiger partial charge on any atom is 0.0491 e. The Hall–Kier alpha value is -0.800. The highest BCUT2D eigenvalue weighted by Gasteiger charge is 2.13. The third-order valence-electron chi connectivity index (χ3n) is 5.47. The van der Waals surface area contributed by atoms with E-state index in [-0.39, 0.29) is 0 Å².